The van der Waals surface area contributed by atoms with Crippen molar-refractivity contribution in [3.63, 3.8) is 0 Å². The number of anilines is 2. The maximum absolute atomic E-state index is 13.4. The second-order valence-corrected chi connectivity index (χ2v) is 3.88. The Morgan fingerprint density at radius 3 is 2.35 bits per heavy atom. The summed E-state index contributed by atoms with van der Waals surface area (Å²) in [4.78, 5) is 10.7. The monoisotopic (exact) mass is 285 g/mol. The number of halogens is 4. The fourth-order valence-corrected chi connectivity index (χ4v) is 1.56. The van der Waals surface area contributed by atoms with Gasteiger partial charge in [-0.05, 0) is 30.3 Å². The Kier molecular flexibility index (Phi) is 3.60. The zero-order chi connectivity index (χ0) is 14.9. The summed E-state index contributed by atoms with van der Waals surface area (Å²) in [6.07, 6.45) is 0. The van der Waals surface area contributed by atoms with Crippen LogP contribution in [-0.2, 0) is 0 Å². The molecule has 0 unspecified atom stereocenters. The molecule has 0 bridgehead atoms. The lowest BCUT2D eigenvalue weighted by Gasteiger charge is -2.09. The molecule has 0 aromatic heterocycles. The smallest absolute Gasteiger partial charge is 0.335 e. The first-order chi connectivity index (χ1) is 9.38. The molecule has 3 nitrogen and oxygen atoms in total. The molecule has 0 amide bonds. The molecule has 0 radical (unpaired) electrons. The third-order valence-corrected chi connectivity index (χ3v) is 2.46. The van der Waals surface area contributed by atoms with Crippen LogP contribution in [0.15, 0.2) is 30.3 Å². The third-order valence-electron chi connectivity index (χ3n) is 2.46. The van der Waals surface area contributed by atoms with Gasteiger partial charge in [-0.2, -0.15) is 0 Å². The molecule has 0 spiro atoms. The third kappa shape index (κ3) is 2.71. The molecule has 0 saturated heterocycles. The van der Waals surface area contributed by atoms with Crippen LogP contribution in [0.25, 0.3) is 0 Å². The Balaban J connectivity index is 2.40. The number of aromatic carboxylic acids is 1. The molecule has 2 aromatic rings. The summed E-state index contributed by atoms with van der Waals surface area (Å²) in [5.74, 6) is -6.76. The minimum absolute atomic E-state index is 0.104. The van der Waals surface area contributed by atoms with Gasteiger partial charge in [0, 0.05) is 5.69 Å². The Morgan fingerprint density at radius 2 is 1.70 bits per heavy atom. The van der Waals surface area contributed by atoms with E-state index in [9.17, 15) is 22.4 Å². The number of hydrogen-bond donors (Lipinski definition) is 2. The average molecular weight is 285 g/mol. The summed E-state index contributed by atoms with van der Waals surface area (Å²) in [7, 11) is 0. The van der Waals surface area contributed by atoms with E-state index < -0.39 is 34.9 Å². The van der Waals surface area contributed by atoms with E-state index >= 15 is 0 Å². The van der Waals surface area contributed by atoms with E-state index in [0.29, 0.717) is 6.07 Å². The molecule has 0 aliphatic carbocycles. The molecule has 0 aliphatic heterocycles. The number of hydrogen-bond acceptors (Lipinski definition) is 2. The lowest BCUT2D eigenvalue weighted by molar-refractivity contribution is 0.0696. The highest BCUT2D eigenvalue weighted by molar-refractivity contribution is 5.89. The van der Waals surface area contributed by atoms with Crippen molar-refractivity contribution in [3.8, 4) is 0 Å². The minimum Gasteiger partial charge on any atom is -0.478 e. The fraction of sp³-hybridized carbons (Fsp3) is 0. The SMILES string of the molecule is O=C(O)c1cc(F)cc(Nc2ccc(F)c(F)c2F)c1. The van der Waals surface area contributed by atoms with Crippen LogP contribution in [0.2, 0.25) is 0 Å². The maximum atomic E-state index is 13.4. The summed E-state index contributed by atoms with van der Waals surface area (Å²) in [5.41, 5.74) is -0.909. The van der Waals surface area contributed by atoms with Crippen molar-refractivity contribution >= 4 is 17.3 Å². The predicted octanol–water partition coefficient (Wildman–Crippen LogP) is 3.68. The summed E-state index contributed by atoms with van der Waals surface area (Å²) in [6.45, 7) is 0. The fourth-order valence-electron chi connectivity index (χ4n) is 1.56. The first-order valence-corrected chi connectivity index (χ1v) is 5.33. The van der Waals surface area contributed by atoms with E-state index in [2.05, 4.69) is 5.32 Å². The van der Waals surface area contributed by atoms with Crippen LogP contribution < -0.4 is 5.32 Å². The molecule has 0 fully saturated rings. The first kappa shape index (κ1) is 13.9. The van der Waals surface area contributed by atoms with Gasteiger partial charge in [-0.3, -0.25) is 0 Å². The molecule has 7 heteroatoms. The molecule has 2 rings (SSSR count). The first-order valence-electron chi connectivity index (χ1n) is 5.33. The molecular weight excluding hydrogens is 278 g/mol. The van der Waals surface area contributed by atoms with E-state index in [1.165, 1.54) is 0 Å². The largest absolute Gasteiger partial charge is 0.478 e. The Bertz CT molecular complexity index is 688. The lowest BCUT2D eigenvalue weighted by Crippen LogP contribution is -2.02. The number of carboxylic acid groups (broad SMARTS) is 1. The predicted molar refractivity (Wildman–Crippen MR) is 63.0 cm³/mol. The summed E-state index contributed by atoms with van der Waals surface area (Å²) in [6, 6.07) is 4.31. The van der Waals surface area contributed by atoms with Crippen LogP contribution in [0, 0.1) is 23.3 Å². The van der Waals surface area contributed by atoms with Crippen LogP contribution in [0.1, 0.15) is 10.4 Å². The second kappa shape index (κ2) is 5.20. The van der Waals surface area contributed by atoms with Gasteiger partial charge in [-0.15, -0.1) is 0 Å². The van der Waals surface area contributed by atoms with Gasteiger partial charge in [0.15, 0.2) is 17.5 Å². The maximum Gasteiger partial charge on any atom is 0.335 e. The molecule has 0 saturated carbocycles. The number of rotatable bonds is 3. The molecule has 0 heterocycles. The Hall–Kier alpha value is -2.57. The van der Waals surface area contributed by atoms with Gasteiger partial charge in [-0.1, -0.05) is 0 Å². The molecule has 2 aromatic carbocycles. The summed E-state index contributed by atoms with van der Waals surface area (Å²) in [5, 5.41) is 11.0. The lowest BCUT2D eigenvalue weighted by atomic mass is 10.2. The zero-order valence-electron chi connectivity index (χ0n) is 9.75. The van der Waals surface area contributed by atoms with Crippen LogP contribution in [0.3, 0.4) is 0 Å². The van der Waals surface area contributed by atoms with Gasteiger partial charge in [-0.25, -0.2) is 22.4 Å². The molecule has 2 N–H and O–H groups in total. The van der Waals surface area contributed by atoms with Crippen molar-refractivity contribution in [3.05, 3.63) is 59.2 Å². The van der Waals surface area contributed by atoms with Crippen molar-refractivity contribution in [2.24, 2.45) is 0 Å². The topological polar surface area (TPSA) is 49.3 Å². The van der Waals surface area contributed by atoms with Gasteiger partial charge < -0.3 is 10.4 Å². The number of carboxylic acids is 1. The van der Waals surface area contributed by atoms with Crippen molar-refractivity contribution in [1.29, 1.82) is 0 Å². The summed E-state index contributed by atoms with van der Waals surface area (Å²) < 4.78 is 52.4. The van der Waals surface area contributed by atoms with Crippen LogP contribution in [0.5, 0.6) is 0 Å². The highest BCUT2D eigenvalue weighted by atomic mass is 19.2. The van der Waals surface area contributed by atoms with Crippen LogP contribution >= 0.6 is 0 Å². The van der Waals surface area contributed by atoms with Crippen molar-refractivity contribution in [1.82, 2.24) is 0 Å². The van der Waals surface area contributed by atoms with Gasteiger partial charge in [0.05, 0.1) is 11.3 Å². The van der Waals surface area contributed by atoms with E-state index in [1.807, 2.05) is 0 Å². The van der Waals surface area contributed by atoms with Gasteiger partial charge >= 0.3 is 5.97 Å². The molecule has 20 heavy (non-hydrogen) atoms. The second-order valence-electron chi connectivity index (χ2n) is 3.88. The van der Waals surface area contributed by atoms with Crippen molar-refractivity contribution < 1.29 is 27.5 Å². The van der Waals surface area contributed by atoms with Crippen LogP contribution in [0.4, 0.5) is 28.9 Å². The van der Waals surface area contributed by atoms with E-state index in [1.54, 1.807) is 0 Å². The molecule has 104 valence electrons. The Labute approximate surface area is 110 Å². The highest BCUT2D eigenvalue weighted by Crippen LogP contribution is 2.24. The molecular formula is C13H7F4NO2. The van der Waals surface area contributed by atoms with E-state index in [0.717, 1.165) is 24.3 Å². The van der Waals surface area contributed by atoms with E-state index in [-0.39, 0.29) is 11.3 Å². The van der Waals surface area contributed by atoms with Crippen molar-refractivity contribution in [2.45, 2.75) is 0 Å². The van der Waals surface area contributed by atoms with Gasteiger partial charge in [0.25, 0.3) is 0 Å². The quantitative estimate of drug-likeness (QED) is 0.668. The Morgan fingerprint density at radius 1 is 1.00 bits per heavy atom. The number of nitrogens with one attached hydrogen (secondary N) is 1. The standard InChI is InChI=1S/C13H7F4NO2/c14-7-3-6(13(19)20)4-8(5-7)18-10-2-1-9(15)11(16)12(10)17/h1-5,18H,(H,19,20). The van der Waals surface area contributed by atoms with Crippen LogP contribution in [-0.4, -0.2) is 11.1 Å². The van der Waals surface area contributed by atoms with Crippen molar-refractivity contribution in [2.75, 3.05) is 5.32 Å². The zero-order valence-corrected chi connectivity index (χ0v) is 9.75. The normalized spacial score (nSPS) is 10.4. The molecule has 0 atom stereocenters. The summed E-state index contributed by atoms with van der Waals surface area (Å²) >= 11 is 0. The van der Waals surface area contributed by atoms with Gasteiger partial charge in [0.2, 0.25) is 0 Å². The van der Waals surface area contributed by atoms with Gasteiger partial charge in [0.1, 0.15) is 5.82 Å². The minimum atomic E-state index is -1.68. The number of carbonyl (C=O) groups is 1. The average Bonchev–Trinajstić information content (AvgIpc) is 2.39. The highest BCUT2D eigenvalue weighted by Gasteiger charge is 2.14. The number of benzene rings is 2. The van der Waals surface area contributed by atoms with E-state index in [4.69, 9.17) is 5.11 Å². The molecule has 0 aliphatic rings.